The van der Waals surface area contributed by atoms with E-state index in [0.717, 1.165) is 10.1 Å². The number of carbonyl (C=O) groups excluding carboxylic acids is 1. The van der Waals surface area contributed by atoms with Gasteiger partial charge in [-0.1, -0.05) is 40.9 Å². The van der Waals surface area contributed by atoms with Gasteiger partial charge in [-0.05, 0) is 42.5 Å². The molecule has 0 unspecified atom stereocenters. The number of hydrogen-bond donors (Lipinski definition) is 3. The molecular weight excluding hydrogens is 423 g/mol. The maximum absolute atomic E-state index is 12.4. The number of benzene rings is 2. The molecule has 0 bridgehead atoms. The number of thiocarbonyl (C=S) groups is 1. The standard InChI is InChI=1S/C16H9Cl3N2O2S2/c17-7-2-4-11(22)10(5-7)20-16(24)21-15(23)14-13(19)9-3-1-8(18)6-12(9)25-14/h1-6,22H,(H2,20,21,23,24). The lowest BCUT2D eigenvalue weighted by Crippen LogP contribution is -2.33. The van der Waals surface area contributed by atoms with Gasteiger partial charge >= 0.3 is 0 Å². The Labute approximate surface area is 167 Å². The van der Waals surface area contributed by atoms with Crippen LogP contribution in [0.3, 0.4) is 0 Å². The summed E-state index contributed by atoms with van der Waals surface area (Å²) in [5.41, 5.74) is 0.284. The van der Waals surface area contributed by atoms with Gasteiger partial charge in [-0.2, -0.15) is 0 Å². The van der Waals surface area contributed by atoms with Crippen molar-refractivity contribution in [1.82, 2.24) is 5.32 Å². The summed E-state index contributed by atoms with van der Waals surface area (Å²) in [6.07, 6.45) is 0. The quantitative estimate of drug-likeness (QED) is 0.360. The van der Waals surface area contributed by atoms with Crippen molar-refractivity contribution in [3.63, 3.8) is 0 Å². The van der Waals surface area contributed by atoms with E-state index < -0.39 is 5.91 Å². The highest BCUT2D eigenvalue weighted by Gasteiger charge is 2.18. The number of hydrogen-bond acceptors (Lipinski definition) is 4. The maximum Gasteiger partial charge on any atom is 0.269 e. The van der Waals surface area contributed by atoms with Crippen molar-refractivity contribution in [2.24, 2.45) is 0 Å². The second-order valence-corrected chi connectivity index (χ2v) is 7.67. The SMILES string of the molecule is O=C(NC(=S)Nc1cc(Cl)ccc1O)c1sc2cc(Cl)ccc2c1Cl. The van der Waals surface area contributed by atoms with E-state index in [1.54, 1.807) is 18.2 Å². The number of rotatable bonds is 2. The number of thiophene rings is 1. The number of aromatic hydroxyl groups is 1. The summed E-state index contributed by atoms with van der Waals surface area (Å²) in [7, 11) is 0. The Kier molecular flexibility index (Phi) is 5.36. The minimum Gasteiger partial charge on any atom is -0.506 e. The second-order valence-electron chi connectivity index (χ2n) is 4.96. The van der Waals surface area contributed by atoms with E-state index >= 15 is 0 Å². The minimum absolute atomic E-state index is 0.00845. The van der Waals surface area contributed by atoms with E-state index in [1.165, 1.54) is 29.5 Å². The van der Waals surface area contributed by atoms with Crippen LogP contribution < -0.4 is 10.6 Å². The average Bonchev–Trinajstić information content (AvgIpc) is 2.87. The van der Waals surface area contributed by atoms with Crippen LogP contribution in [0.15, 0.2) is 36.4 Å². The lowest BCUT2D eigenvalue weighted by atomic mass is 10.2. The third kappa shape index (κ3) is 3.99. The normalized spacial score (nSPS) is 10.7. The lowest BCUT2D eigenvalue weighted by molar-refractivity contribution is 0.0982. The minimum atomic E-state index is -0.457. The third-order valence-electron chi connectivity index (χ3n) is 3.23. The first kappa shape index (κ1) is 18.2. The molecule has 0 saturated carbocycles. The van der Waals surface area contributed by atoms with Crippen molar-refractivity contribution in [2.45, 2.75) is 0 Å². The molecule has 0 saturated heterocycles. The molecule has 3 N–H and O–H groups in total. The summed E-state index contributed by atoms with van der Waals surface area (Å²) >= 11 is 24.4. The van der Waals surface area contributed by atoms with Crippen LogP contribution in [0.1, 0.15) is 9.67 Å². The Morgan fingerprint density at radius 3 is 2.52 bits per heavy atom. The number of phenolic OH excluding ortho intramolecular Hbond substituents is 1. The van der Waals surface area contributed by atoms with Crippen LogP contribution in [0.5, 0.6) is 5.75 Å². The molecule has 0 aliphatic carbocycles. The van der Waals surface area contributed by atoms with Crippen molar-refractivity contribution in [3.8, 4) is 5.75 Å². The molecule has 1 heterocycles. The van der Waals surface area contributed by atoms with Crippen LogP contribution in [0.4, 0.5) is 5.69 Å². The molecule has 0 atom stereocenters. The zero-order valence-corrected chi connectivity index (χ0v) is 16.2. The fraction of sp³-hybridized carbons (Fsp3) is 0. The highest BCUT2D eigenvalue weighted by molar-refractivity contribution is 7.80. The Morgan fingerprint density at radius 1 is 1.08 bits per heavy atom. The van der Waals surface area contributed by atoms with Gasteiger partial charge in [-0.3, -0.25) is 10.1 Å². The molecule has 1 aromatic heterocycles. The molecule has 0 spiro atoms. The van der Waals surface area contributed by atoms with Crippen LogP contribution in [0.2, 0.25) is 15.1 Å². The smallest absolute Gasteiger partial charge is 0.269 e. The topological polar surface area (TPSA) is 61.4 Å². The first-order chi connectivity index (χ1) is 11.8. The number of nitrogens with one attached hydrogen (secondary N) is 2. The molecule has 128 valence electrons. The summed E-state index contributed by atoms with van der Waals surface area (Å²) in [6.45, 7) is 0. The summed E-state index contributed by atoms with van der Waals surface area (Å²) in [5, 5.41) is 17.1. The number of carbonyl (C=O) groups is 1. The van der Waals surface area contributed by atoms with Gasteiger partial charge in [0.15, 0.2) is 5.11 Å². The van der Waals surface area contributed by atoms with Crippen molar-refractivity contribution in [1.29, 1.82) is 0 Å². The molecule has 3 aromatic rings. The Morgan fingerprint density at radius 2 is 1.76 bits per heavy atom. The van der Waals surface area contributed by atoms with E-state index in [9.17, 15) is 9.90 Å². The number of halogens is 3. The van der Waals surface area contributed by atoms with E-state index in [-0.39, 0.29) is 16.5 Å². The molecule has 0 fully saturated rings. The summed E-state index contributed by atoms with van der Waals surface area (Å²) in [4.78, 5) is 12.8. The van der Waals surface area contributed by atoms with Crippen molar-refractivity contribution in [2.75, 3.05) is 5.32 Å². The van der Waals surface area contributed by atoms with Gasteiger partial charge in [-0.15, -0.1) is 11.3 Å². The summed E-state index contributed by atoms with van der Waals surface area (Å²) < 4.78 is 0.800. The highest BCUT2D eigenvalue weighted by Crippen LogP contribution is 2.36. The number of amides is 1. The molecule has 0 radical (unpaired) electrons. The zero-order chi connectivity index (χ0) is 18.1. The van der Waals surface area contributed by atoms with Gasteiger partial charge in [0.2, 0.25) is 0 Å². The number of fused-ring (bicyclic) bond motifs is 1. The van der Waals surface area contributed by atoms with E-state index in [4.69, 9.17) is 47.0 Å². The summed E-state index contributed by atoms with van der Waals surface area (Å²) in [6, 6.07) is 9.65. The van der Waals surface area contributed by atoms with E-state index in [2.05, 4.69) is 10.6 Å². The Bertz CT molecular complexity index is 1000. The fourth-order valence-electron chi connectivity index (χ4n) is 2.11. The Balaban J connectivity index is 1.79. The van der Waals surface area contributed by atoms with Crippen LogP contribution in [0.25, 0.3) is 10.1 Å². The molecular formula is C16H9Cl3N2O2S2. The largest absolute Gasteiger partial charge is 0.506 e. The second kappa shape index (κ2) is 7.35. The zero-order valence-electron chi connectivity index (χ0n) is 12.3. The third-order valence-corrected chi connectivity index (χ3v) is 5.56. The molecule has 9 heteroatoms. The first-order valence-electron chi connectivity index (χ1n) is 6.83. The van der Waals surface area contributed by atoms with Gasteiger partial charge in [0.05, 0.1) is 10.7 Å². The van der Waals surface area contributed by atoms with Crippen LogP contribution in [-0.2, 0) is 0 Å². The van der Waals surface area contributed by atoms with Gasteiger partial charge in [0.25, 0.3) is 5.91 Å². The predicted molar refractivity (Wildman–Crippen MR) is 109 cm³/mol. The fourth-order valence-corrected chi connectivity index (χ4v) is 4.17. The van der Waals surface area contributed by atoms with Crippen molar-refractivity contribution < 1.29 is 9.90 Å². The van der Waals surface area contributed by atoms with Crippen molar-refractivity contribution >= 4 is 85.2 Å². The highest BCUT2D eigenvalue weighted by atomic mass is 35.5. The maximum atomic E-state index is 12.4. The monoisotopic (exact) mass is 430 g/mol. The lowest BCUT2D eigenvalue weighted by Gasteiger charge is -2.10. The van der Waals surface area contributed by atoms with Crippen LogP contribution in [0, 0.1) is 0 Å². The molecule has 2 aromatic carbocycles. The van der Waals surface area contributed by atoms with Gasteiger partial charge < -0.3 is 10.4 Å². The summed E-state index contributed by atoms with van der Waals surface area (Å²) in [5.74, 6) is -0.503. The van der Waals surface area contributed by atoms with Gasteiger partial charge in [0, 0.05) is 20.1 Å². The molecule has 0 aliphatic heterocycles. The number of anilines is 1. The molecule has 4 nitrogen and oxygen atoms in total. The molecule has 3 rings (SSSR count). The Hall–Kier alpha value is -1.57. The van der Waals surface area contributed by atoms with Gasteiger partial charge in [-0.25, -0.2) is 0 Å². The molecule has 25 heavy (non-hydrogen) atoms. The van der Waals surface area contributed by atoms with Crippen LogP contribution >= 0.6 is 58.4 Å². The average molecular weight is 432 g/mol. The van der Waals surface area contributed by atoms with Crippen molar-refractivity contribution in [3.05, 3.63) is 56.3 Å². The first-order valence-corrected chi connectivity index (χ1v) is 9.19. The van der Waals surface area contributed by atoms with Gasteiger partial charge in [0.1, 0.15) is 10.6 Å². The molecule has 0 aliphatic rings. The number of phenols is 1. The van der Waals surface area contributed by atoms with E-state index in [1.807, 2.05) is 0 Å². The predicted octanol–water partition coefficient (Wildman–Crippen LogP) is 5.69. The molecule has 1 amide bonds. The van der Waals surface area contributed by atoms with Crippen LogP contribution in [-0.4, -0.2) is 16.1 Å². The van der Waals surface area contributed by atoms with E-state index in [0.29, 0.717) is 19.9 Å².